The molecule has 1 aliphatic heterocycles. The lowest BCUT2D eigenvalue weighted by Crippen LogP contribution is -2.43. The molecular weight excluding hydrogens is 400 g/mol. The fraction of sp³-hybridized carbons (Fsp3) is 0.480. The molecule has 1 unspecified atom stereocenters. The van der Waals surface area contributed by atoms with E-state index in [1.165, 1.54) is 5.56 Å². The lowest BCUT2D eigenvalue weighted by Gasteiger charge is -2.33. The number of nitrogens with one attached hydrogen (secondary N) is 2. The smallest absolute Gasteiger partial charge is 0.222 e. The summed E-state index contributed by atoms with van der Waals surface area (Å²) < 4.78 is 0. The van der Waals surface area contributed by atoms with Gasteiger partial charge in [0.1, 0.15) is 5.82 Å². The van der Waals surface area contributed by atoms with Crippen molar-refractivity contribution in [3.05, 3.63) is 59.8 Å². The third-order valence-electron chi connectivity index (χ3n) is 6.00. The van der Waals surface area contributed by atoms with Gasteiger partial charge in [0.25, 0.3) is 0 Å². The Hall–Kier alpha value is -3.09. The molecule has 4 N–H and O–H groups in total. The van der Waals surface area contributed by atoms with Crippen LogP contribution >= 0.6 is 0 Å². The fourth-order valence-electron chi connectivity index (χ4n) is 4.04. The van der Waals surface area contributed by atoms with Crippen LogP contribution in [0.5, 0.6) is 0 Å². The molecule has 172 valence electrons. The Kier molecular flexibility index (Phi) is 8.09. The van der Waals surface area contributed by atoms with Gasteiger partial charge in [0.2, 0.25) is 5.91 Å². The molecule has 0 radical (unpaired) electrons. The van der Waals surface area contributed by atoms with E-state index in [9.17, 15) is 4.79 Å². The summed E-state index contributed by atoms with van der Waals surface area (Å²) >= 11 is 0. The molecule has 1 saturated heterocycles. The van der Waals surface area contributed by atoms with Crippen LogP contribution in [0.15, 0.2) is 53.7 Å². The number of piperidine rings is 1. The summed E-state index contributed by atoms with van der Waals surface area (Å²) in [6.45, 7) is 10.1. The quantitative estimate of drug-likeness (QED) is 0.437. The Morgan fingerprint density at radius 1 is 1.22 bits per heavy atom. The van der Waals surface area contributed by atoms with Crippen molar-refractivity contribution in [3.63, 3.8) is 0 Å². The van der Waals surface area contributed by atoms with E-state index in [0.29, 0.717) is 13.1 Å². The molecule has 3 rings (SSSR count). The number of primary amides is 1. The van der Waals surface area contributed by atoms with Crippen LogP contribution in [-0.2, 0) is 16.8 Å². The van der Waals surface area contributed by atoms with Crippen LogP contribution in [0.4, 0.5) is 5.82 Å². The van der Waals surface area contributed by atoms with Gasteiger partial charge in [-0.1, -0.05) is 50.2 Å². The standard InChI is InChI=1S/C25H36N6O/c1-4-27-24(30-18-25(2,3)21-12-6-5-7-13-21)29-16-19-10-8-14-28-23(19)31-15-9-11-20(17-31)22(26)32/h5-8,10,12-14,20H,4,9,11,15-18H2,1-3H3,(H2,26,32)(H2,27,29,30). The minimum absolute atomic E-state index is 0.0332. The van der Waals surface area contributed by atoms with E-state index in [2.05, 4.69) is 71.6 Å². The SMILES string of the molecule is CCNC(=NCc1cccnc1N1CCCC(C(N)=O)C1)NCC(C)(C)c1ccccc1. The van der Waals surface area contributed by atoms with E-state index in [0.717, 1.165) is 49.8 Å². The van der Waals surface area contributed by atoms with Crippen molar-refractivity contribution in [2.24, 2.45) is 16.6 Å². The number of carbonyl (C=O) groups is 1. The first-order valence-corrected chi connectivity index (χ1v) is 11.5. The number of nitrogens with zero attached hydrogens (tertiary/aromatic N) is 3. The summed E-state index contributed by atoms with van der Waals surface area (Å²) in [5.74, 6) is 1.31. The summed E-state index contributed by atoms with van der Waals surface area (Å²) in [6, 6.07) is 14.5. The topological polar surface area (TPSA) is 95.6 Å². The molecule has 32 heavy (non-hydrogen) atoms. The van der Waals surface area contributed by atoms with Crippen molar-refractivity contribution in [2.45, 2.75) is 45.6 Å². The third-order valence-corrected chi connectivity index (χ3v) is 6.00. The Morgan fingerprint density at radius 2 is 2.00 bits per heavy atom. The van der Waals surface area contributed by atoms with Crippen LogP contribution < -0.4 is 21.3 Å². The van der Waals surface area contributed by atoms with Gasteiger partial charge in [-0.15, -0.1) is 0 Å². The van der Waals surface area contributed by atoms with Gasteiger partial charge < -0.3 is 21.3 Å². The molecule has 0 spiro atoms. The highest BCUT2D eigenvalue weighted by Crippen LogP contribution is 2.25. The Labute approximate surface area is 191 Å². The maximum Gasteiger partial charge on any atom is 0.222 e. The average Bonchev–Trinajstić information content (AvgIpc) is 2.81. The molecule has 7 nitrogen and oxygen atoms in total. The highest BCUT2D eigenvalue weighted by molar-refractivity contribution is 5.80. The number of benzene rings is 1. The second-order valence-electron chi connectivity index (χ2n) is 8.97. The summed E-state index contributed by atoms with van der Waals surface area (Å²) in [6.07, 6.45) is 3.58. The summed E-state index contributed by atoms with van der Waals surface area (Å²) in [5, 5.41) is 6.84. The molecular formula is C25H36N6O. The number of anilines is 1. The molecule has 7 heteroatoms. The molecule has 1 atom stereocenters. The molecule has 1 amide bonds. The van der Waals surface area contributed by atoms with E-state index in [1.54, 1.807) is 6.20 Å². The van der Waals surface area contributed by atoms with Crippen molar-refractivity contribution >= 4 is 17.7 Å². The minimum atomic E-state index is -0.232. The highest BCUT2D eigenvalue weighted by Gasteiger charge is 2.26. The summed E-state index contributed by atoms with van der Waals surface area (Å²) in [4.78, 5) is 23.3. The molecule has 2 heterocycles. The third kappa shape index (κ3) is 6.22. The van der Waals surface area contributed by atoms with Gasteiger partial charge in [-0.05, 0) is 31.4 Å². The summed E-state index contributed by atoms with van der Waals surface area (Å²) in [7, 11) is 0. The summed E-state index contributed by atoms with van der Waals surface area (Å²) in [5.41, 5.74) is 7.85. The van der Waals surface area contributed by atoms with Gasteiger partial charge in [0, 0.05) is 43.4 Å². The van der Waals surface area contributed by atoms with Crippen molar-refractivity contribution in [1.29, 1.82) is 0 Å². The number of aliphatic imine (C=N–C) groups is 1. The van der Waals surface area contributed by atoms with Crippen LogP contribution in [0.25, 0.3) is 0 Å². The van der Waals surface area contributed by atoms with E-state index in [-0.39, 0.29) is 17.2 Å². The first-order valence-electron chi connectivity index (χ1n) is 11.5. The van der Waals surface area contributed by atoms with Crippen molar-refractivity contribution < 1.29 is 4.79 Å². The Balaban J connectivity index is 1.71. The van der Waals surface area contributed by atoms with E-state index in [4.69, 9.17) is 10.7 Å². The molecule has 0 saturated carbocycles. The average molecular weight is 437 g/mol. The number of rotatable bonds is 8. The second kappa shape index (κ2) is 11.0. The number of hydrogen-bond donors (Lipinski definition) is 3. The number of amides is 1. The van der Waals surface area contributed by atoms with Crippen molar-refractivity contribution in [3.8, 4) is 0 Å². The zero-order chi connectivity index (χ0) is 23.0. The first kappa shape index (κ1) is 23.6. The van der Waals surface area contributed by atoms with Crippen molar-refractivity contribution in [1.82, 2.24) is 15.6 Å². The maximum atomic E-state index is 11.7. The minimum Gasteiger partial charge on any atom is -0.369 e. The molecule has 0 bridgehead atoms. The first-order chi connectivity index (χ1) is 15.4. The molecule has 1 fully saturated rings. The lowest BCUT2D eigenvalue weighted by molar-refractivity contribution is -0.122. The molecule has 2 aromatic rings. The van der Waals surface area contributed by atoms with Crippen LogP contribution in [0.1, 0.15) is 44.7 Å². The van der Waals surface area contributed by atoms with Crippen LogP contribution in [0, 0.1) is 5.92 Å². The Morgan fingerprint density at radius 3 is 2.72 bits per heavy atom. The molecule has 0 aliphatic carbocycles. The molecule has 1 aromatic carbocycles. The van der Waals surface area contributed by atoms with Gasteiger partial charge >= 0.3 is 0 Å². The number of hydrogen-bond acceptors (Lipinski definition) is 4. The number of nitrogens with two attached hydrogens (primary N) is 1. The van der Waals surface area contributed by atoms with E-state index < -0.39 is 0 Å². The number of carbonyl (C=O) groups excluding carboxylic acids is 1. The number of guanidine groups is 1. The molecule has 1 aliphatic rings. The lowest BCUT2D eigenvalue weighted by atomic mass is 9.85. The highest BCUT2D eigenvalue weighted by atomic mass is 16.1. The number of aromatic nitrogens is 1. The van der Waals surface area contributed by atoms with Crippen LogP contribution in [0.2, 0.25) is 0 Å². The predicted octanol–water partition coefficient (Wildman–Crippen LogP) is 2.82. The zero-order valence-corrected chi connectivity index (χ0v) is 19.5. The van der Waals surface area contributed by atoms with E-state index >= 15 is 0 Å². The van der Waals surface area contributed by atoms with Gasteiger partial charge in [0.15, 0.2) is 5.96 Å². The largest absolute Gasteiger partial charge is 0.369 e. The van der Waals surface area contributed by atoms with Crippen LogP contribution in [0.3, 0.4) is 0 Å². The maximum absolute atomic E-state index is 11.7. The van der Waals surface area contributed by atoms with Gasteiger partial charge in [0.05, 0.1) is 12.5 Å². The van der Waals surface area contributed by atoms with E-state index in [1.807, 2.05) is 12.1 Å². The van der Waals surface area contributed by atoms with Crippen LogP contribution in [-0.4, -0.2) is 43.0 Å². The normalized spacial score (nSPS) is 17.2. The fourth-order valence-corrected chi connectivity index (χ4v) is 4.04. The predicted molar refractivity (Wildman–Crippen MR) is 131 cm³/mol. The number of pyridine rings is 1. The van der Waals surface area contributed by atoms with Gasteiger partial charge in [-0.2, -0.15) is 0 Å². The monoisotopic (exact) mass is 436 g/mol. The Bertz CT molecular complexity index is 912. The van der Waals surface area contributed by atoms with Gasteiger partial charge in [-0.25, -0.2) is 9.98 Å². The second-order valence-corrected chi connectivity index (χ2v) is 8.97. The zero-order valence-electron chi connectivity index (χ0n) is 19.5. The van der Waals surface area contributed by atoms with Crippen molar-refractivity contribution in [2.75, 3.05) is 31.1 Å². The van der Waals surface area contributed by atoms with Gasteiger partial charge in [-0.3, -0.25) is 4.79 Å². The molecule has 1 aromatic heterocycles.